The molecule has 0 radical (unpaired) electrons. The number of rotatable bonds is 3. The van der Waals surface area contributed by atoms with Crippen molar-refractivity contribution in [2.75, 3.05) is 26.2 Å². The van der Waals surface area contributed by atoms with E-state index in [0.29, 0.717) is 0 Å². The highest BCUT2D eigenvalue weighted by Gasteiger charge is 2.32. The van der Waals surface area contributed by atoms with E-state index in [4.69, 9.17) is 4.74 Å². The molecular formula is C12H25NO2. The van der Waals surface area contributed by atoms with Crippen LogP contribution >= 0.6 is 0 Å². The first kappa shape index (κ1) is 12.9. The molecule has 1 rings (SSSR count). The summed E-state index contributed by atoms with van der Waals surface area (Å²) < 4.78 is 5.67. The highest BCUT2D eigenvalue weighted by Crippen LogP contribution is 2.25. The summed E-state index contributed by atoms with van der Waals surface area (Å²) in [6.07, 6.45) is -0.275. The Hall–Kier alpha value is -0.120. The molecule has 1 aliphatic rings. The van der Waals surface area contributed by atoms with Crippen molar-refractivity contribution >= 4 is 0 Å². The number of ether oxygens (including phenoxy) is 1. The topological polar surface area (TPSA) is 32.7 Å². The van der Waals surface area contributed by atoms with E-state index in [2.05, 4.69) is 32.6 Å². The fraction of sp³-hybridized carbons (Fsp3) is 1.00. The van der Waals surface area contributed by atoms with Gasteiger partial charge in [-0.2, -0.15) is 0 Å². The number of aliphatic hydroxyl groups is 1. The molecule has 0 aromatic rings. The van der Waals surface area contributed by atoms with Crippen LogP contribution in [0.5, 0.6) is 0 Å². The summed E-state index contributed by atoms with van der Waals surface area (Å²) in [5.41, 5.74) is -0.0968. The second-order valence-electron chi connectivity index (χ2n) is 5.98. The van der Waals surface area contributed by atoms with Crippen LogP contribution in [0.4, 0.5) is 0 Å². The molecule has 0 aliphatic carbocycles. The smallest absolute Gasteiger partial charge is 0.0753 e. The van der Waals surface area contributed by atoms with Crippen molar-refractivity contribution in [3.05, 3.63) is 0 Å². The highest BCUT2D eigenvalue weighted by atomic mass is 16.5. The first-order valence-corrected chi connectivity index (χ1v) is 5.77. The monoisotopic (exact) mass is 215 g/mol. The van der Waals surface area contributed by atoms with Crippen LogP contribution in [0.2, 0.25) is 0 Å². The van der Waals surface area contributed by atoms with Crippen molar-refractivity contribution in [2.24, 2.45) is 5.41 Å². The second kappa shape index (κ2) is 4.40. The van der Waals surface area contributed by atoms with Gasteiger partial charge in [0.15, 0.2) is 0 Å². The normalized spacial score (nSPS) is 25.2. The quantitative estimate of drug-likeness (QED) is 0.774. The van der Waals surface area contributed by atoms with Crippen LogP contribution in [0.15, 0.2) is 0 Å². The van der Waals surface area contributed by atoms with E-state index in [1.54, 1.807) is 0 Å². The fourth-order valence-corrected chi connectivity index (χ4v) is 1.96. The largest absolute Gasteiger partial charge is 0.393 e. The van der Waals surface area contributed by atoms with Crippen LogP contribution in [-0.4, -0.2) is 48.0 Å². The predicted octanol–water partition coefficient (Wildman–Crippen LogP) is 1.50. The Morgan fingerprint density at radius 3 is 2.53 bits per heavy atom. The van der Waals surface area contributed by atoms with E-state index in [1.165, 1.54) is 0 Å². The molecule has 0 saturated carbocycles. The van der Waals surface area contributed by atoms with Gasteiger partial charge in [-0.1, -0.05) is 13.8 Å². The molecule has 0 bridgehead atoms. The Morgan fingerprint density at radius 2 is 2.07 bits per heavy atom. The van der Waals surface area contributed by atoms with Gasteiger partial charge in [0, 0.05) is 25.0 Å². The molecule has 3 nitrogen and oxygen atoms in total. The molecule has 1 atom stereocenters. The second-order valence-corrected chi connectivity index (χ2v) is 5.98. The minimum absolute atomic E-state index is 0.0482. The molecule has 1 unspecified atom stereocenters. The number of hydrogen-bond acceptors (Lipinski definition) is 3. The number of hydrogen-bond donors (Lipinski definition) is 1. The minimum Gasteiger partial charge on any atom is -0.393 e. The van der Waals surface area contributed by atoms with Crippen LogP contribution in [0.3, 0.4) is 0 Å². The summed E-state index contributed by atoms with van der Waals surface area (Å²) in [6, 6.07) is 0. The fourth-order valence-electron chi connectivity index (χ4n) is 1.96. The van der Waals surface area contributed by atoms with Gasteiger partial charge in [-0.05, 0) is 20.8 Å². The summed E-state index contributed by atoms with van der Waals surface area (Å²) in [7, 11) is 0. The standard InChI is InChI=1S/C12H25NO2/c1-10(14)11(2,3)8-13-6-7-15-12(4,5)9-13/h10,14H,6-9H2,1-5H3. The Morgan fingerprint density at radius 1 is 1.47 bits per heavy atom. The van der Waals surface area contributed by atoms with Crippen LogP contribution in [0.1, 0.15) is 34.6 Å². The summed E-state index contributed by atoms with van der Waals surface area (Å²) in [6.45, 7) is 14.0. The van der Waals surface area contributed by atoms with Gasteiger partial charge < -0.3 is 9.84 Å². The number of aliphatic hydroxyl groups excluding tert-OH is 1. The minimum atomic E-state index is -0.275. The van der Waals surface area contributed by atoms with Gasteiger partial charge >= 0.3 is 0 Å². The molecule has 1 saturated heterocycles. The van der Waals surface area contributed by atoms with Crippen molar-refractivity contribution < 1.29 is 9.84 Å². The first-order valence-electron chi connectivity index (χ1n) is 5.77. The highest BCUT2D eigenvalue weighted by molar-refractivity contribution is 4.84. The van der Waals surface area contributed by atoms with Gasteiger partial charge in [-0.3, -0.25) is 4.90 Å². The lowest BCUT2D eigenvalue weighted by Crippen LogP contribution is -2.52. The van der Waals surface area contributed by atoms with E-state index in [0.717, 1.165) is 26.2 Å². The Labute approximate surface area is 93.4 Å². The third-order valence-electron chi connectivity index (χ3n) is 3.27. The Kier molecular flexibility index (Phi) is 3.80. The summed E-state index contributed by atoms with van der Waals surface area (Å²) >= 11 is 0. The number of nitrogens with zero attached hydrogens (tertiary/aromatic N) is 1. The van der Waals surface area contributed by atoms with E-state index in [1.807, 2.05) is 6.92 Å². The molecule has 15 heavy (non-hydrogen) atoms. The first-order chi connectivity index (χ1) is 6.73. The predicted molar refractivity (Wildman–Crippen MR) is 61.9 cm³/mol. The summed E-state index contributed by atoms with van der Waals surface area (Å²) in [5.74, 6) is 0. The molecule has 3 heteroatoms. The molecule has 1 heterocycles. The van der Waals surface area contributed by atoms with Gasteiger partial charge in [0.25, 0.3) is 0 Å². The van der Waals surface area contributed by atoms with Crippen molar-refractivity contribution in [1.29, 1.82) is 0 Å². The van der Waals surface area contributed by atoms with Gasteiger partial charge in [-0.15, -0.1) is 0 Å². The van der Waals surface area contributed by atoms with E-state index >= 15 is 0 Å². The van der Waals surface area contributed by atoms with Crippen molar-refractivity contribution in [3.63, 3.8) is 0 Å². The van der Waals surface area contributed by atoms with Crippen molar-refractivity contribution in [2.45, 2.75) is 46.3 Å². The van der Waals surface area contributed by atoms with E-state index in [9.17, 15) is 5.11 Å². The molecule has 0 spiro atoms. The van der Waals surface area contributed by atoms with Crippen LogP contribution in [0.25, 0.3) is 0 Å². The average Bonchev–Trinajstić information content (AvgIpc) is 2.00. The molecule has 1 fully saturated rings. The lowest BCUT2D eigenvalue weighted by atomic mass is 9.86. The van der Waals surface area contributed by atoms with Crippen LogP contribution in [-0.2, 0) is 4.74 Å². The maximum atomic E-state index is 9.68. The maximum Gasteiger partial charge on any atom is 0.0753 e. The Balaban J connectivity index is 2.52. The van der Waals surface area contributed by atoms with Crippen LogP contribution < -0.4 is 0 Å². The van der Waals surface area contributed by atoms with Crippen LogP contribution in [0, 0.1) is 5.41 Å². The molecule has 0 amide bonds. The molecule has 90 valence electrons. The van der Waals surface area contributed by atoms with Gasteiger partial charge in [0.1, 0.15) is 0 Å². The third kappa shape index (κ3) is 3.74. The zero-order valence-electron chi connectivity index (χ0n) is 10.7. The zero-order valence-corrected chi connectivity index (χ0v) is 10.7. The maximum absolute atomic E-state index is 9.68. The average molecular weight is 215 g/mol. The lowest BCUT2D eigenvalue weighted by Gasteiger charge is -2.42. The van der Waals surface area contributed by atoms with Gasteiger partial charge in [0.05, 0.1) is 18.3 Å². The Bertz CT molecular complexity index is 212. The van der Waals surface area contributed by atoms with Gasteiger partial charge in [-0.25, -0.2) is 0 Å². The van der Waals surface area contributed by atoms with E-state index in [-0.39, 0.29) is 17.1 Å². The molecular weight excluding hydrogens is 190 g/mol. The molecule has 0 aromatic carbocycles. The van der Waals surface area contributed by atoms with Gasteiger partial charge in [0.2, 0.25) is 0 Å². The third-order valence-corrected chi connectivity index (χ3v) is 3.27. The lowest BCUT2D eigenvalue weighted by molar-refractivity contribution is -0.0992. The summed E-state index contributed by atoms with van der Waals surface area (Å²) in [4.78, 5) is 2.39. The van der Waals surface area contributed by atoms with Crippen molar-refractivity contribution in [3.8, 4) is 0 Å². The summed E-state index contributed by atoms with van der Waals surface area (Å²) in [5, 5.41) is 9.68. The number of morpholine rings is 1. The van der Waals surface area contributed by atoms with E-state index < -0.39 is 0 Å². The SMILES string of the molecule is CC(O)C(C)(C)CN1CCOC(C)(C)C1. The molecule has 1 aliphatic heterocycles. The molecule has 1 N–H and O–H groups in total. The van der Waals surface area contributed by atoms with Crippen molar-refractivity contribution in [1.82, 2.24) is 4.90 Å². The molecule has 0 aromatic heterocycles. The zero-order chi connectivity index (χ0) is 11.7.